The Hall–Kier alpha value is -4.15. The molecule has 0 amide bonds. The van der Waals surface area contributed by atoms with Crippen LogP contribution in [0.4, 0.5) is 34.1 Å². The molecule has 0 saturated heterocycles. The topological polar surface area (TPSA) is 219 Å². The number of rotatable bonds is 8. The molecule has 0 bridgehead atoms. The standard InChI is InChI=1S/C24H22N4O8S3/c25-21-13-17(7-9-23(21)27-15-3-1-5-19(11-15)38(31,32)33)37(29,30)18-8-10-24(22(26)14-18)28-16-4-2-6-20(12-16)39(34,35)36/h1-14,27-28H,25-26H2,(H,31,32,33)(H,34,35,36). The molecule has 0 aliphatic heterocycles. The highest BCUT2D eigenvalue weighted by Crippen LogP contribution is 2.32. The van der Waals surface area contributed by atoms with Crippen LogP contribution in [0.2, 0.25) is 0 Å². The summed E-state index contributed by atoms with van der Waals surface area (Å²) in [5.41, 5.74) is 13.4. The number of benzene rings is 4. The zero-order chi connectivity index (χ0) is 28.6. The van der Waals surface area contributed by atoms with Crippen molar-refractivity contribution in [2.75, 3.05) is 22.1 Å². The number of hydrogen-bond acceptors (Lipinski definition) is 10. The lowest BCUT2D eigenvalue weighted by molar-refractivity contribution is 0.481. The van der Waals surface area contributed by atoms with E-state index in [-0.39, 0.29) is 31.0 Å². The Bertz CT molecular complexity index is 1780. The van der Waals surface area contributed by atoms with Crippen molar-refractivity contribution in [2.45, 2.75) is 19.6 Å². The van der Waals surface area contributed by atoms with Crippen LogP contribution in [0.3, 0.4) is 0 Å². The molecular weight excluding hydrogens is 568 g/mol. The Labute approximate surface area is 224 Å². The van der Waals surface area contributed by atoms with E-state index in [2.05, 4.69) is 10.6 Å². The fourth-order valence-corrected chi connectivity index (χ4v) is 5.94. The molecule has 0 unspecified atom stereocenters. The highest BCUT2D eigenvalue weighted by Gasteiger charge is 2.20. The molecule has 4 aromatic carbocycles. The minimum atomic E-state index is -4.42. The number of anilines is 6. The molecule has 15 heteroatoms. The van der Waals surface area contributed by atoms with Gasteiger partial charge in [-0.15, -0.1) is 0 Å². The minimum Gasteiger partial charge on any atom is -0.397 e. The summed E-state index contributed by atoms with van der Waals surface area (Å²) >= 11 is 0. The number of hydrogen-bond donors (Lipinski definition) is 6. The number of sulfone groups is 1. The summed E-state index contributed by atoms with van der Waals surface area (Å²) in [5, 5.41) is 5.76. The van der Waals surface area contributed by atoms with Gasteiger partial charge in [-0.05, 0) is 72.8 Å². The van der Waals surface area contributed by atoms with Crippen LogP contribution < -0.4 is 22.1 Å². The first-order valence-corrected chi connectivity index (χ1v) is 15.2. The van der Waals surface area contributed by atoms with E-state index in [9.17, 15) is 34.4 Å². The van der Waals surface area contributed by atoms with Crippen molar-refractivity contribution in [1.29, 1.82) is 0 Å². The summed E-state index contributed by atoms with van der Waals surface area (Å²) < 4.78 is 90.4. The molecule has 0 radical (unpaired) electrons. The quantitative estimate of drug-likeness (QED) is 0.128. The van der Waals surface area contributed by atoms with Crippen LogP contribution in [0.1, 0.15) is 0 Å². The predicted molar refractivity (Wildman–Crippen MR) is 146 cm³/mol. The van der Waals surface area contributed by atoms with Crippen LogP contribution in [0.15, 0.2) is 105 Å². The summed E-state index contributed by atoms with van der Waals surface area (Å²) in [6.07, 6.45) is 0. The molecule has 0 saturated carbocycles. The van der Waals surface area contributed by atoms with Crippen LogP contribution in [-0.2, 0) is 30.1 Å². The number of nitrogens with two attached hydrogens (primary N) is 2. The summed E-state index contributed by atoms with van der Waals surface area (Å²) in [7, 11) is -12.9. The van der Waals surface area contributed by atoms with Gasteiger partial charge in [-0.1, -0.05) is 12.1 Å². The molecule has 0 aliphatic rings. The third kappa shape index (κ3) is 6.30. The maximum atomic E-state index is 13.2. The van der Waals surface area contributed by atoms with Gasteiger partial charge in [-0.25, -0.2) is 8.42 Å². The molecule has 204 valence electrons. The second-order valence-corrected chi connectivity index (χ2v) is 13.1. The van der Waals surface area contributed by atoms with Gasteiger partial charge < -0.3 is 22.1 Å². The summed E-state index contributed by atoms with van der Waals surface area (Å²) in [6, 6.07) is 18.6. The average molecular weight is 591 g/mol. The van der Waals surface area contributed by atoms with Crippen molar-refractivity contribution in [2.24, 2.45) is 0 Å². The minimum absolute atomic E-state index is 0.0540. The summed E-state index contributed by atoms with van der Waals surface area (Å²) in [5.74, 6) is 0. The zero-order valence-corrected chi connectivity index (χ0v) is 22.3. The lowest BCUT2D eigenvalue weighted by atomic mass is 10.2. The van der Waals surface area contributed by atoms with Gasteiger partial charge in [0.15, 0.2) is 0 Å². The van der Waals surface area contributed by atoms with Crippen LogP contribution in [-0.4, -0.2) is 34.4 Å². The summed E-state index contributed by atoms with van der Waals surface area (Å²) in [4.78, 5) is -0.907. The molecule has 12 nitrogen and oxygen atoms in total. The van der Waals surface area contributed by atoms with Crippen molar-refractivity contribution >= 4 is 64.2 Å². The van der Waals surface area contributed by atoms with E-state index in [4.69, 9.17) is 11.5 Å². The van der Waals surface area contributed by atoms with Crippen LogP contribution >= 0.6 is 0 Å². The molecule has 0 fully saturated rings. The predicted octanol–water partition coefficient (Wildman–Crippen LogP) is 3.66. The van der Waals surface area contributed by atoms with Gasteiger partial charge in [0.2, 0.25) is 9.84 Å². The van der Waals surface area contributed by atoms with Crippen molar-refractivity contribution in [3.63, 3.8) is 0 Å². The molecule has 0 aliphatic carbocycles. The third-order valence-electron chi connectivity index (χ3n) is 5.49. The lowest BCUT2D eigenvalue weighted by Gasteiger charge is -2.14. The van der Waals surface area contributed by atoms with Gasteiger partial charge >= 0.3 is 0 Å². The second kappa shape index (κ2) is 10.2. The summed E-state index contributed by atoms with van der Waals surface area (Å²) in [6.45, 7) is 0. The van der Waals surface area contributed by atoms with Crippen molar-refractivity contribution < 1.29 is 34.4 Å². The molecular formula is C24H22N4O8S3. The van der Waals surface area contributed by atoms with Gasteiger partial charge in [-0.3, -0.25) is 9.11 Å². The highest BCUT2D eigenvalue weighted by atomic mass is 32.2. The molecule has 0 spiro atoms. The number of nitrogen functional groups attached to an aromatic ring is 2. The van der Waals surface area contributed by atoms with Crippen LogP contribution in [0, 0.1) is 0 Å². The largest absolute Gasteiger partial charge is 0.397 e. The molecule has 0 heterocycles. The van der Waals surface area contributed by atoms with Crippen LogP contribution in [0.25, 0.3) is 0 Å². The van der Waals surface area contributed by atoms with Crippen molar-refractivity contribution in [1.82, 2.24) is 0 Å². The highest BCUT2D eigenvalue weighted by molar-refractivity contribution is 7.91. The Kier molecular flexibility index (Phi) is 7.29. The Morgan fingerprint density at radius 1 is 0.513 bits per heavy atom. The van der Waals surface area contributed by atoms with Gasteiger partial charge in [0.05, 0.1) is 42.3 Å². The smallest absolute Gasteiger partial charge is 0.294 e. The van der Waals surface area contributed by atoms with E-state index in [1.54, 1.807) is 0 Å². The maximum absolute atomic E-state index is 13.2. The molecule has 4 rings (SSSR count). The molecule has 0 atom stereocenters. The first-order chi connectivity index (χ1) is 18.1. The van der Waals surface area contributed by atoms with E-state index in [1.165, 1.54) is 84.9 Å². The third-order valence-corrected chi connectivity index (χ3v) is 8.94. The van der Waals surface area contributed by atoms with E-state index >= 15 is 0 Å². The van der Waals surface area contributed by atoms with E-state index < -0.39 is 30.1 Å². The van der Waals surface area contributed by atoms with Gasteiger partial charge in [-0.2, -0.15) is 16.8 Å². The lowest BCUT2D eigenvalue weighted by Crippen LogP contribution is -2.06. The molecule has 4 aromatic rings. The SMILES string of the molecule is Nc1cc(S(=O)(=O)c2ccc(Nc3cccc(S(=O)(=O)O)c3)c(N)c2)ccc1Nc1cccc(S(=O)(=O)O)c1. The first-order valence-electron chi connectivity index (χ1n) is 10.9. The average Bonchev–Trinajstić information content (AvgIpc) is 2.86. The molecule has 0 aromatic heterocycles. The molecule has 8 N–H and O–H groups in total. The Morgan fingerprint density at radius 2 is 0.897 bits per heavy atom. The van der Waals surface area contributed by atoms with Crippen molar-refractivity contribution in [3.8, 4) is 0 Å². The normalized spacial score (nSPS) is 12.2. The fourth-order valence-electron chi connectivity index (χ4n) is 3.56. The first kappa shape index (κ1) is 27.9. The van der Waals surface area contributed by atoms with Crippen molar-refractivity contribution in [3.05, 3.63) is 84.9 Å². The van der Waals surface area contributed by atoms with E-state index in [1.807, 2.05) is 0 Å². The monoisotopic (exact) mass is 590 g/mol. The molecule has 39 heavy (non-hydrogen) atoms. The van der Waals surface area contributed by atoms with Gasteiger partial charge in [0.1, 0.15) is 0 Å². The fraction of sp³-hybridized carbons (Fsp3) is 0. The maximum Gasteiger partial charge on any atom is 0.294 e. The van der Waals surface area contributed by atoms with Crippen LogP contribution in [0.5, 0.6) is 0 Å². The number of nitrogens with one attached hydrogen (secondary N) is 2. The van der Waals surface area contributed by atoms with Gasteiger partial charge in [0, 0.05) is 11.4 Å². The Balaban J connectivity index is 1.58. The van der Waals surface area contributed by atoms with E-state index in [0.717, 1.165) is 0 Å². The Morgan fingerprint density at radius 3 is 1.23 bits per heavy atom. The zero-order valence-electron chi connectivity index (χ0n) is 19.8. The second-order valence-electron chi connectivity index (χ2n) is 8.26. The van der Waals surface area contributed by atoms with Gasteiger partial charge in [0.25, 0.3) is 20.2 Å². The van der Waals surface area contributed by atoms with E-state index in [0.29, 0.717) is 22.7 Å².